The molecular formula is C38H43N3O7S. The Bertz CT molecular complexity index is 1920. The molecule has 10 nitrogen and oxygen atoms in total. The van der Waals surface area contributed by atoms with Crippen molar-refractivity contribution in [3.63, 3.8) is 0 Å². The topological polar surface area (TPSA) is 134 Å². The van der Waals surface area contributed by atoms with Crippen LogP contribution in [-0.4, -0.2) is 63.9 Å². The SMILES string of the molecule is COc1ccc(C(OCC2OC(n3cc(CCCN)c4cc(NS(C)(=O)=O)ccc43)CC2O)(c2ccccc2)c2ccc(OC)cc2)cc1. The first-order valence-electron chi connectivity index (χ1n) is 16.3. The number of hydrogen-bond acceptors (Lipinski definition) is 8. The number of aromatic nitrogens is 1. The van der Waals surface area contributed by atoms with E-state index in [1.54, 1.807) is 20.3 Å². The van der Waals surface area contributed by atoms with Gasteiger partial charge in [-0.05, 0) is 84.1 Å². The van der Waals surface area contributed by atoms with Crippen LogP contribution in [0.15, 0.2) is 103 Å². The summed E-state index contributed by atoms with van der Waals surface area (Å²) in [6.45, 7) is 0.615. The van der Waals surface area contributed by atoms with Crippen LogP contribution in [0.25, 0.3) is 10.9 Å². The average Bonchev–Trinajstić information content (AvgIpc) is 3.67. The van der Waals surface area contributed by atoms with Crippen LogP contribution < -0.4 is 19.9 Å². The van der Waals surface area contributed by atoms with Gasteiger partial charge in [-0.1, -0.05) is 54.6 Å². The first-order chi connectivity index (χ1) is 23.6. The molecule has 3 atom stereocenters. The molecule has 5 aromatic rings. The van der Waals surface area contributed by atoms with E-state index in [1.807, 2.05) is 102 Å². The summed E-state index contributed by atoms with van der Waals surface area (Å²) in [4.78, 5) is 0. The Balaban J connectivity index is 1.34. The van der Waals surface area contributed by atoms with Gasteiger partial charge < -0.3 is 34.4 Å². The van der Waals surface area contributed by atoms with Crippen molar-refractivity contribution >= 4 is 26.6 Å². The van der Waals surface area contributed by atoms with Crippen molar-refractivity contribution in [1.82, 2.24) is 4.57 Å². The molecule has 4 N–H and O–H groups in total. The predicted molar refractivity (Wildman–Crippen MR) is 191 cm³/mol. The number of benzene rings is 4. The molecule has 0 amide bonds. The Kier molecular flexibility index (Phi) is 10.3. The van der Waals surface area contributed by atoms with Crippen LogP contribution in [0.1, 0.15) is 41.3 Å². The fourth-order valence-electron chi connectivity index (χ4n) is 6.65. The summed E-state index contributed by atoms with van der Waals surface area (Å²) in [7, 11) is -0.178. The normalized spacial score (nSPS) is 18.1. The highest BCUT2D eigenvalue weighted by Crippen LogP contribution is 2.43. The summed E-state index contributed by atoms with van der Waals surface area (Å²) in [5.41, 5.74) is 9.84. The molecule has 1 fully saturated rings. The Hall–Kier alpha value is -4.39. The van der Waals surface area contributed by atoms with Crippen LogP contribution in [0.5, 0.6) is 11.5 Å². The maximum atomic E-state index is 11.9. The van der Waals surface area contributed by atoms with Gasteiger partial charge in [0.25, 0.3) is 0 Å². The zero-order chi connectivity index (χ0) is 34.6. The molecule has 0 bridgehead atoms. The molecule has 0 saturated carbocycles. The van der Waals surface area contributed by atoms with Gasteiger partial charge >= 0.3 is 0 Å². The quantitative estimate of drug-likeness (QED) is 0.129. The molecule has 0 aliphatic carbocycles. The lowest BCUT2D eigenvalue weighted by Gasteiger charge is -2.37. The molecule has 6 rings (SSSR count). The Morgan fingerprint density at radius 1 is 0.918 bits per heavy atom. The number of fused-ring (bicyclic) bond motifs is 1. The van der Waals surface area contributed by atoms with Crippen molar-refractivity contribution in [2.24, 2.45) is 5.73 Å². The fraction of sp³-hybridized carbons (Fsp3) is 0.316. The number of rotatable bonds is 14. The summed E-state index contributed by atoms with van der Waals surface area (Å²) in [5, 5.41) is 12.3. The van der Waals surface area contributed by atoms with Crippen LogP contribution in [-0.2, 0) is 31.5 Å². The molecule has 3 unspecified atom stereocenters. The second kappa shape index (κ2) is 14.6. The smallest absolute Gasteiger partial charge is 0.229 e. The van der Waals surface area contributed by atoms with E-state index in [-0.39, 0.29) is 6.61 Å². The van der Waals surface area contributed by atoms with Crippen LogP contribution >= 0.6 is 0 Å². The second-order valence-electron chi connectivity index (χ2n) is 12.3. The lowest BCUT2D eigenvalue weighted by atomic mass is 9.80. The van der Waals surface area contributed by atoms with Crippen molar-refractivity contribution in [2.75, 3.05) is 38.3 Å². The maximum absolute atomic E-state index is 11.9. The van der Waals surface area contributed by atoms with Crippen molar-refractivity contribution in [3.8, 4) is 11.5 Å². The molecule has 258 valence electrons. The van der Waals surface area contributed by atoms with Gasteiger partial charge in [-0.15, -0.1) is 0 Å². The van der Waals surface area contributed by atoms with Crippen LogP contribution in [0, 0.1) is 0 Å². The third-order valence-corrected chi connectivity index (χ3v) is 9.63. The molecule has 49 heavy (non-hydrogen) atoms. The van der Waals surface area contributed by atoms with Crippen molar-refractivity contribution in [3.05, 3.63) is 126 Å². The summed E-state index contributed by atoms with van der Waals surface area (Å²) in [6.07, 6.45) is 3.07. The minimum absolute atomic E-state index is 0.0896. The molecule has 1 saturated heterocycles. The molecule has 0 radical (unpaired) electrons. The maximum Gasteiger partial charge on any atom is 0.229 e. The van der Waals surface area contributed by atoms with Crippen LogP contribution in [0.2, 0.25) is 0 Å². The van der Waals surface area contributed by atoms with Gasteiger partial charge in [-0.2, -0.15) is 0 Å². The molecule has 1 aliphatic heterocycles. The number of nitrogens with zero attached hydrogens (tertiary/aromatic N) is 1. The number of anilines is 1. The zero-order valence-corrected chi connectivity index (χ0v) is 28.7. The number of nitrogens with two attached hydrogens (primary N) is 1. The van der Waals surface area contributed by atoms with E-state index in [2.05, 4.69) is 4.72 Å². The number of ether oxygens (including phenoxy) is 4. The van der Waals surface area contributed by atoms with Gasteiger partial charge in [-0.3, -0.25) is 4.72 Å². The minimum Gasteiger partial charge on any atom is -0.497 e. The van der Waals surface area contributed by atoms with E-state index in [0.29, 0.717) is 25.1 Å². The molecule has 2 heterocycles. The summed E-state index contributed by atoms with van der Waals surface area (Å²) in [6, 6.07) is 31.0. The number of aliphatic hydroxyl groups is 1. The van der Waals surface area contributed by atoms with Crippen LogP contribution in [0.4, 0.5) is 5.69 Å². The number of aliphatic hydroxyl groups excluding tert-OH is 1. The highest BCUT2D eigenvalue weighted by molar-refractivity contribution is 7.92. The highest BCUT2D eigenvalue weighted by atomic mass is 32.2. The number of sulfonamides is 1. The number of aryl methyl sites for hydroxylation is 1. The third kappa shape index (κ3) is 7.31. The number of methoxy groups -OCH3 is 2. The van der Waals surface area contributed by atoms with E-state index in [1.165, 1.54) is 0 Å². The van der Waals surface area contributed by atoms with E-state index >= 15 is 0 Å². The highest BCUT2D eigenvalue weighted by Gasteiger charge is 2.42. The number of nitrogens with one attached hydrogen (secondary N) is 1. The standard InChI is InChI=1S/C38H43N3O7S/c1-45-31-16-11-28(12-17-31)38(27-9-5-4-6-10-27,29-13-18-32(46-2)19-14-29)47-25-36-35(42)23-37(48-36)41-24-26(8-7-21-39)33-22-30(15-20-34(33)41)40-49(3,43)44/h4-6,9-20,22,24,35-37,40,42H,7-8,21,23,25,39H2,1-3H3. The van der Waals surface area contributed by atoms with Gasteiger partial charge in [0.15, 0.2) is 0 Å². The van der Waals surface area contributed by atoms with Crippen molar-refractivity contribution < 1.29 is 32.5 Å². The fourth-order valence-corrected chi connectivity index (χ4v) is 7.21. The van der Waals surface area contributed by atoms with E-state index in [0.717, 1.165) is 57.3 Å². The molecule has 4 aromatic carbocycles. The molecule has 1 aliphatic rings. The second-order valence-corrected chi connectivity index (χ2v) is 14.1. The lowest BCUT2D eigenvalue weighted by Crippen LogP contribution is -2.38. The first kappa shape index (κ1) is 34.5. The average molecular weight is 686 g/mol. The summed E-state index contributed by atoms with van der Waals surface area (Å²) >= 11 is 0. The zero-order valence-electron chi connectivity index (χ0n) is 27.9. The van der Waals surface area contributed by atoms with Gasteiger partial charge in [0.1, 0.15) is 29.4 Å². The van der Waals surface area contributed by atoms with Crippen LogP contribution in [0.3, 0.4) is 0 Å². The van der Waals surface area contributed by atoms with E-state index in [9.17, 15) is 13.5 Å². The van der Waals surface area contributed by atoms with Gasteiger partial charge in [0, 0.05) is 23.7 Å². The monoisotopic (exact) mass is 685 g/mol. The Morgan fingerprint density at radius 3 is 2.10 bits per heavy atom. The van der Waals surface area contributed by atoms with Crippen molar-refractivity contribution in [2.45, 2.75) is 43.3 Å². The minimum atomic E-state index is -3.45. The third-order valence-electron chi connectivity index (χ3n) is 9.02. The van der Waals surface area contributed by atoms with Gasteiger partial charge in [0.2, 0.25) is 10.0 Å². The van der Waals surface area contributed by atoms with E-state index in [4.69, 9.17) is 24.7 Å². The Morgan fingerprint density at radius 2 is 1.53 bits per heavy atom. The lowest BCUT2D eigenvalue weighted by molar-refractivity contribution is -0.0929. The molecule has 0 spiro atoms. The number of hydrogen-bond donors (Lipinski definition) is 3. The van der Waals surface area contributed by atoms with Crippen molar-refractivity contribution in [1.29, 1.82) is 0 Å². The van der Waals surface area contributed by atoms with Gasteiger partial charge in [0.05, 0.1) is 38.7 Å². The van der Waals surface area contributed by atoms with E-state index < -0.39 is 34.1 Å². The molecule has 11 heteroatoms. The summed E-state index contributed by atoms with van der Waals surface area (Å²) < 4.78 is 53.0. The molecular weight excluding hydrogens is 642 g/mol. The van der Waals surface area contributed by atoms with Gasteiger partial charge in [-0.25, -0.2) is 8.42 Å². The predicted octanol–water partition coefficient (Wildman–Crippen LogP) is 5.58. The first-order valence-corrected chi connectivity index (χ1v) is 18.2. The Labute approximate surface area is 287 Å². The summed E-state index contributed by atoms with van der Waals surface area (Å²) in [5.74, 6) is 1.45. The largest absolute Gasteiger partial charge is 0.497 e. The molecule has 1 aromatic heterocycles.